The highest BCUT2D eigenvalue weighted by molar-refractivity contribution is 6.05. The van der Waals surface area contributed by atoms with E-state index < -0.39 is 41.6 Å². The smallest absolute Gasteiger partial charge is 0.312 e. The summed E-state index contributed by atoms with van der Waals surface area (Å²) in [6, 6.07) is 4.32. The summed E-state index contributed by atoms with van der Waals surface area (Å²) in [5, 5.41) is 10.2. The molecular weight excluding hydrogens is 460 g/mol. The van der Waals surface area contributed by atoms with Crippen LogP contribution in [0, 0.1) is 25.7 Å². The summed E-state index contributed by atoms with van der Waals surface area (Å²) in [6.45, 7) is 13.2. The molecule has 3 heterocycles. The maximum atomic E-state index is 14.5. The van der Waals surface area contributed by atoms with Crippen molar-refractivity contribution in [1.82, 2.24) is 4.90 Å². The van der Waals surface area contributed by atoms with Crippen molar-refractivity contribution in [3.8, 4) is 0 Å². The number of carbonyl (C=O) groups excluding carboxylic acids is 3. The van der Waals surface area contributed by atoms with Crippen LogP contribution in [0.5, 0.6) is 0 Å². The second-order valence-corrected chi connectivity index (χ2v) is 9.99. The van der Waals surface area contributed by atoms with Gasteiger partial charge in [-0.1, -0.05) is 37.8 Å². The fourth-order valence-corrected chi connectivity index (χ4v) is 6.28. The van der Waals surface area contributed by atoms with Crippen LogP contribution >= 0.6 is 0 Å². The van der Waals surface area contributed by atoms with Crippen LogP contribution in [0.25, 0.3) is 0 Å². The van der Waals surface area contributed by atoms with Gasteiger partial charge in [0.2, 0.25) is 5.91 Å². The Kier molecular flexibility index (Phi) is 7.38. The van der Waals surface area contributed by atoms with Crippen LogP contribution in [0.3, 0.4) is 0 Å². The van der Waals surface area contributed by atoms with Gasteiger partial charge in [-0.05, 0) is 50.3 Å². The first kappa shape index (κ1) is 26.1. The van der Waals surface area contributed by atoms with Gasteiger partial charge in [0.05, 0.1) is 30.6 Å². The van der Waals surface area contributed by atoms with Gasteiger partial charge in [-0.25, -0.2) is 0 Å². The fraction of sp³-hybridized carbons (Fsp3) is 0.536. The molecule has 2 unspecified atom stereocenters. The Morgan fingerprint density at radius 2 is 2.08 bits per heavy atom. The van der Waals surface area contributed by atoms with Gasteiger partial charge in [0, 0.05) is 12.2 Å². The zero-order chi connectivity index (χ0) is 26.2. The predicted molar refractivity (Wildman–Crippen MR) is 135 cm³/mol. The van der Waals surface area contributed by atoms with Crippen molar-refractivity contribution >= 4 is 23.5 Å². The number of nitrogens with zero attached hydrogens (tertiary/aromatic N) is 2. The third-order valence-corrected chi connectivity index (χ3v) is 7.90. The van der Waals surface area contributed by atoms with E-state index >= 15 is 0 Å². The number of likely N-dealkylation sites (tertiary alicyclic amines) is 1. The number of fused-ring (bicyclic) bond motifs is 1. The van der Waals surface area contributed by atoms with E-state index in [9.17, 15) is 19.5 Å². The molecule has 2 amide bonds. The SMILES string of the molecule is C=CCOC(=O)[C@@H]1[C@@H]2CCC3(O2)C(C(=O)N(CC=C)c2cc(C)ccc2C)N([C@@H](CC)CO)C(=O)[C@H]13. The molecule has 6 atom stereocenters. The summed E-state index contributed by atoms with van der Waals surface area (Å²) >= 11 is 0. The van der Waals surface area contributed by atoms with Crippen molar-refractivity contribution in [3.05, 3.63) is 54.6 Å². The lowest BCUT2D eigenvalue weighted by Crippen LogP contribution is -2.59. The number of amides is 2. The molecule has 1 N–H and O–H groups in total. The maximum Gasteiger partial charge on any atom is 0.312 e. The number of esters is 1. The Morgan fingerprint density at radius 3 is 2.72 bits per heavy atom. The number of aliphatic hydroxyl groups is 1. The molecule has 2 bridgehead atoms. The zero-order valence-electron chi connectivity index (χ0n) is 21.3. The van der Waals surface area contributed by atoms with E-state index in [1.807, 2.05) is 39.0 Å². The van der Waals surface area contributed by atoms with Crippen molar-refractivity contribution in [2.75, 3.05) is 24.7 Å². The van der Waals surface area contributed by atoms with Crippen molar-refractivity contribution < 1.29 is 29.0 Å². The van der Waals surface area contributed by atoms with E-state index in [1.165, 1.54) is 11.0 Å². The number of anilines is 1. The van der Waals surface area contributed by atoms with E-state index in [1.54, 1.807) is 11.0 Å². The zero-order valence-corrected chi connectivity index (χ0v) is 21.3. The minimum atomic E-state index is -1.16. The summed E-state index contributed by atoms with van der Waals surface area (Å²) < 4.78 is 11.8. The lowest BCUT2D eigenvalue weighted by atomic mass is 9.70. The lowest BCUT2D eigenvalue weighted by Gasteiger charge is -2.39. The van der Waals surface area contributed by atoms with Crippen molar-refractivity contribution in [2.45, 2.75) is 63.8 Å². The standard InChI is InChI=1S/C28H36N2O6/c1-6-13-29(20-15-17(4)9-10-18(20)5)26(33)24-28-12-11-21(36-28)22(27(34)35-14-7-2)23(28)25(32)30(24)19(8-3)16-31/h6-7,9-10,15,19,21-24,31H,1-2,8,11-14,16H2,3-5H3/t19-,21-,22+,23-,24?,28?/m0/s1. The normalized spacial score (nSPS) is 29.1. The fourth-order valence-electron chi connectivity index (χ4n) is 6.28. The van der Waals surface area contributed by atoms with Gasteiger partial charge in [-0.2, -0.15) is 0 Å². The highest BCUT2D eigenvalue weighted by Gasteiger charge is 2.75. The van der Waals surface area contributed by atoms with Crippen LogP contribution < -0.4 is 4.90 Å². The van der Waals surface area contributed by atoms with E-state index in [2.05, 4.69) is 13.2 Å². The lowest BCUT2D eigenvalue weighted by molar-refractivity contribution is -0.154. The van der Waals surface area contributed by atoms with Gasteiger partial charge in [0.1, 0.15) is 18.2 Å². The number of aryl methyl sites for hydroxylation is 2. The van der Waals surface area contributed by atoms with E-state index in [4.69, 9.17) is 9.47 Å². The molecule has 0 radical (unpaired) electrons. The largest absolute Gasteiger partial charge is 0.461 e. The number of hydrogen-bond donors (Lipinski definition) is 1. The predicted octanol–water partition coefficient (Wildman–Crippen LogP) is 2.70. The van der Waals surface area contributed by atoms with Gasteiger partial charge in [0.15, 0.2) is 0 Å². The third-order valence-electron chi connectivity index (χ3n) is 7.90. The first-order chi connectivity index (χ1) is 17.2. The summed E-state index contributed by atoms with van der Waals surface area (Å²) in [6.07, 6.45) is 4.12. The molecule has 194 valence electrons. The molecular formula is C28H36N2O6. The molecule has 3 aliphatic rings. The molecule has 0 saturated carbocycles. The Hall–Kier alpha value is -2.97. The topological polar surface area (TPSA) is 96.4 Å². The Balaban J connectivity index is 1.82. The summed E-state index contributed by atoms with van der Waals surface area (Å²) in [4.78, 5) is 44.6. The van der Waals surface area contributed by atoms with Gasteiger partial charge < -0.3 is 24.4 Å². The molecule has 1 spiro atoms. The van der Waals surface area contributed by atoms with Crippen LogP contribution in [-0.4, -0.2) is 71.3 Å². The average molecular weight is 497 g/mol. The van der Waals surface area contributed by atoms with Crippen LogP contribution in [-0.2, 0) is 23.9 Å². The molecule has 3 aliphatic heterocycles. The summed E-state index contributed by atoms with van der Waals surface area (Å²) in [5.74, 6) is -2.78. The monoisotopic (exact) mass is 496 g/mol. The molecule has 4 rings (SSSR count). The Bertz CT molecular complexity index is 1070. The van der Waals surface area contributed by atoms with Crippen molar-refractivity contribution in [1.29, 1.82) is 0 Å². The van der Waals surface area contributed by atoms with Gasteiger partial charge in [0.25, 0.3) is 5.91 Å². The van der Waals surface area contributed by atoms with Crippen LogP contribution in [0.1, 0.15) is 37.3 Å². The number of rotatable bonds is 10. The van der Waals surface area contributed by atoms with E-state index in [0.29, 0.717) is 19.3 Å². The Labute approximate surface area is 212 Å². The second kappa shape index (κ2) is 10.2. The van der Waals surface area contributed by atoms with E-state index in [-0.39, 0.29) is 31.6 Å². The van der Waals surface area contributed by atoms with Crippen LogP contribution in [0.4, 0.5) is 5.69 Å². The van der Waals surface area contributed by atoms with E-state index in [0.717, 1.165) is 16.8 Å². The quantitative estimate of drug-likeness (QED) is 0.395. The van der Waals surface area contributed by atoms with Gasteiger partial charge in [-0.3, -0.25) is 14.4 Å². The Morgan fingerprint density at radius 1 is 1.33 bits per heavy atom. The molecule has 8 heteroatoms. The van der Waals surface area contributed by atoms with Gasteiger partial charge in [-0.15, -0.1) is 6.58 Å². The molecule has 8 nitrogen and oxygen atoms in total. The van der Waals surface area contributed by atoms with Crippen LogP contribution in [0.2, 0.25) is 0 Å². The first-order valence-corrected chi connectivity index (χ1v) is 12.6. The summed E-state index contributed by atoms with van der Waals surface area (Å²) in [5.41, 5.74) is 1.49. The maximum absolute atomic E-state index is 14.5. The molecule has 0 aliphatic carbocycles. The summed E-state index contributed by atoms with van der Waals surface area (Å²) in [7, 11) is 0. The molecule has 0 aromatic heterocycles. The molecule has 1 aromatic carbocycles. The minimum absolute atomic E-state index is 0.0377. The minimum Gasteiger partial charge on any atom is -0.461 e. The van der Waals surface area contributed by atoms with Crippen molar-refractivity contribution in [2.24, 2.45) is 11.8 Å². The van der Waals surface area contributed by atoms with Crippen LogP contribution in [0.15, 0.2) is 43.5 Å². The number of aliphatic hydroxyl groups excluding tert-OH is 1. The average Bonchev–Trinajstić information content (AvgIpc) is 3.51. The number of benzene rings is 1. The van der Waals surface area contributed by atoms with Gasteiger partial charge >= 0.3 is 5.97 Å². The highest BCUT2D eigenvalue weighted by Crippen LogP contribution is 2.59. The van der Waals surface area contributed by atoms with Crippen molar-refractivity contribution in [3.63, 3.8) is 0 Å². The molecule has 3 saturated heterocycles. The molecule has 36 heavy (non-hydrogen) atoms. The third kappa shape index (κ3) is 3.96. The molecule has 3 fully saturated rings. The number of ether oxygens (including phenoxy) is 2. The molecule has 1 aromatic rings. The number of carbonyl (C=O) groups is 3. The number of hydrogen-bond acceptors (Lipinski definition) is 6. The first-order valence-electron chi connectivity index (χ1n) is 12.6. The highest BCUT2D eigenvalue weighted by atomic mass is 16.6. The second-order valence-electron chi connectivity index (χ2n) is 9.99.